The van der Waals surface area contributed by atoms with Crippen LogP contribution in [0.5, 0.6) is 0 Å². The van der Waals surface area contributed by atoms with Crippen LogP contribution in [0.25, 0.3) is 11.3 Å². The van der Waals surface area contributed by atoms with Gasteiger partial charge < -0.3 is 4.74 Å². The fourth-order valence-corrected chi connectivity index (χ4v) is 1.90. The van der Waals surface area contributed by atoms with Gasteiger partial charge in [0.15, 0.2) is 0 Å². The monoisotopic (exact) mass is 247 g/mol. The Labute approximate surface area is 106 Å². The van der Waals surface area contributed by atoms with E-state index in [1.165, 1.54) is 0 Å². The number of rotatable bonds is 3. The van der Waals surface area contributed by atoms with E-state index in [-0.39, 0.29) is 6.10 Å². The first-order chi connectivity index (χ1) is 8.22. The zero-order valence-corrected chi connectivity index (χ0v) is 10.6. The van der Waals surface area contributed by atoms with Gasteiger partial charge in [0.2, 0.25) is 0 Å². The lowest BCUT2D eigenvalue weighted by atomic mass is 10.0. The Hall–Kier alpha value is -1.38. The van der Waals surface area contributed by atoms with E-state index < -0.39 is 0 Å². The van der Waals surface area contributed by atoms with Crippen molar-refractivity contribution in [3.63, 3.8) is 0 Å². The SMILES string of the molecule is CO[C@H](C)c1cccc(-c2ncccc2Cl)c1. The first-order valence-corrected chi connectivity index (χ1v) is 5.84. The summed E-state index contributed by atoms with van der Waals surface area (Å²) in [4.78, 5) is 4.30. The lowest BCUT2D eigenvalue weighted by molar-refractivity contribution is 0.119. The van der Waals surface area contributed by atoms with Crippen LogP contribution >= 0.6 is 11.6 Å². The van der Waals surface area contributed by atoms with Gasteiger partial charge >= 0.3 is 0 Å². The predicted octanol–water partition coefficient (Wildman–Crippen LogP) is 4.11. The molecule has 1 aromatic heterocycles. The summed E-state index contributed by atoms with van der Waals surface area (Å²) in [5, 5.41) is 0.662. The van der Waals surface area contributed by atoms with E-state index in [0.29, 0.717) is 5.02 Å². The predicted molar refractivity (Wildman–Crippen MR) is 70.1 cm³/mol. The van der Waals surface area contributed by atoms with Crippen molar-refractivity contribution in [2.24, 2.45) is 0 Å². The molecule has 1 heterocycles. The average molecular weight is 248 g/mol. The van der Waals surface area contributed by atoms with Crippen LogP contribution in [-0.4, -0.2) is 12.1 Å². The molecule has 17 heavy (non-hydrogen) atoms. The molecule has 0 saturated carbocycles. The molecule has 0 N–H and O–H groups in total. The summed E-state index contributed by atoms with van der Waals surface area (Å²) in [6.45, 7) is 2.01. The summed E-state index contributed by atoms with van der Waals surface area (Å²) in [6, 6.07) is 11.8. The van der Waals surface area contributed by atoms with Crippen molar-refractivity contribution >= 4 is 11.6 Å². The second kappa shape index (κ2) is 5.30. The smallest absolute Gasteiger partial charge is 0.0888 e. The minimum atomic E-state index is 0.0671. The Kier molecular flexibility index (Phi) is 3.77. The van der Waals surface area contributed by atoms with Crippen LogP contribution in [0.3, 0.4) is 0 Å². The first-order valence-electron chi connectivity index (χ1n) is 5.46. The van der Waals surface area contributed by atoms with Crippen LogP contribution in [0, 0.1) is 0 Å². The Morgan fingerprint density at radius 3 is 2.76 bits per heavy atom. The van der Waals surface area contributed by atoms with E-state index in [1.54, 1.807) is 13.3 Å². The second-order valence-electron chi connectivity index (χ2n) is 3.84. The number of hydrogen-bond donors (Lipinski definition) is 0. The number of halogens is 1. The summed E-state index contributed by atoms with van der Waals surface area (Å²) in [5.74, 6) is 0. The molecular weight excluding hydrogens is 234 g/mol. The van der Waals surface area contributed by atoms with Gasteiger partial charge in [-0.15, -0.1) is 0 Å². The first kappa shape index (κ1) is 12.1. The Morgan fingerprint density at radius 2 is 2.06 bits per heavy atom. The molecule has 88 valence electrons. The molecule has 2 rings (SSSR count). The third-order valence-electron chi connectivity index (χ3n) is 2.74. The highest BCUT2D eigenvalue weighted by atomic mass is 35.5. The third-order valence-corrected chi connectivity index (χ3v) is 3.05. The van der Waals surface area contributed by atoms with Crippen molar-refractivity contribution in [3.05, 3.63) is 53.2 Å². The summed E-state index contributed by atoms with van der Waals surface area (Å²) in [6.07, 6.45) is 1.81. The largest absolute Gasteiger partial charge is 0.377 e. The van der Waals surface area contributed by atoms with Crippen LogP contribution in [0.4, 0.5) is 0 Å². The number of nitrogens with zero attached hydrogens (tertiary/aromatic N) is 1. The van der Waals surface area contributed by atoms with Crippen molar-refractivity contribution in [1.82, 2.24) is 4.98 Å². The molecule has 1 atom stereocenters. The van der Waals surface area contributed by atoms with Gasteiger partial charge in [-0.2, -0.15) is 0 Å². The van der Waals surface area contributed by atoms with E-state index in [9.17, 15) is 0 Å². The molecule has 0 saturated heterocycles. The van der Waals surface area contributed by atoms with E-state index in [2.05, 4.69) is 11.1 Å². The van der Waals surface area contributed by atoms with Crippen molar-refractivity contribution in [2.75, 3.05) is 7.11 Å². The van der Waals surface area contributed by atoms with E-state index in [1.807, 2.05) is 37.3 Å². The molecule has 0 radical (unpaired) electrons. The lowest BCUT2D eigenvalue weighted by Gasteiger charge is -2.11. The van der Waals surface area contributed by atoms with Crippen LogP contribution in [0.2, 0.25) is 5.02 Å². The summed E-state index contributed by atoms with van der Waals surface area (Å²) in [7, 11) is 1.70. The highest BCUT2D eigenvalue weighted by Crippen LogP contribution is 2.27. The van der Waals surface area contributed by atoms with Gasteiger partial charge in [0.05, 0.1) is 16.8 Å². The van der Waals surface area contributed by atoms with Gasteiger partial charge in [0.1, 0.15) is 0 Å². The normalized spacial score (nSPS) is 12.4. The maximum absolute atomic E-state index is 6.13. The molecule has 0 aliphatic carbocycles. The van der Waals surface area contributed by atoms with Gasteiger partial charge in [-0.25, -0.2) is 0 Å². The topological polar surface area (TPSA) is 22.1 Å². The average Bonchev–Trinajstić information content (AvgIpc) is 2.38. The molecule has 0 bridgehead atoms. The maximum atomic E-state index is 6.13. The van der Waals surface area contributed by atoms with Crippen LogP contribution < -0.4 is 0 Å². The molecular formula is C14H14ClNO. The standard InChI is InChI=1S/C14H14ClNO/c1-10(17-2)11-5-3-6-12(9-11)14-13(15)7-4-8-16-14/h3-10H,1-2H3/t10-/m1/s1. The zero-order valence-electron chi connectivity index (χ0n) is 9.85. The molecule has 0 aliphatic heterocycles. The molecule has 2 nitrogen and oxygen atoms in total. The number of ether oxygens (including phenoxy) is 1. The second-order valence-corrected chi connectivity index (χ2v) is 4.24. The van der Waals surface area contributed by atoms with Gasteiger partial charge in [-0.3, -0.25) is 4.98 Å². The summed E-state index contributed by atoms with van der Waals surface area (Å²) < 4.78 is 5.30. The van der Waals surface area contributed by atoms with Crippen molar-refractivity contribution in [2.45, 2.75) is 13.0 Å². The Balaban J connectivity index is 2.43. The van der Waals surface area contributed by atoms with Crippen molar-refractivity contribution in [1.29, 1.82) is 0 Å². The molecule has 0 amide bonds. The Morgan fingerprint density at radius 1 is 1.24 bits per heavy atom. The van der Waals surface area contributed by atoms with E-state index >= 15 is 0 Å². The lowest BCUT2D eigenvalue weighted by Crippen LogP contribution is -1.96. The maximum Gasteiger partial charge on any atom is 0.0888 e. The molecule has 1 aromatic carbocycles. The molecule has 0 fully saturated rings. The van der Waals surface area contributed by atoms with Crippen LogP contribution in [0.15, 0.2) is 42.6 Å². The minimum Gasteiger partial charge on any atom is -0.377 e. The van der Waals surface area contributed by atoms with Crippen LogP contribution in [0.1, 0.15) is 18.6 Å². The van der Waals surface area contributed by atoms with Gasteiger partial charge in [-0.1, -0.05) is 29.8 Å². The molecule has 0 unspecified atom stereocenters. The van der Waals surface area contributed by atoms with Gasteiger partial charge in [0.25, 0.3) is 0 Å². The summed E-state index contributed by atoms with van der Waals surface area (Å²) in [5.41, 5.74) is 2.93. The highest BCUT2D eigenvalue weighted by molar-refractivity contribution is 6.33. The number of methoxy groups -OCH3 is 1. The number of hydrogen-bond acceptors (Lipinski definition) is 2. The fourth-order valence-electron chi connectivity index (χ4n) is 1.67. The highest BCUT2D eigenvalue weighted by Gasteiger charge is 2.08. The third kappa shape index (κ3) is 2.65. The van der Waals surface area contributed by atoms with Gasteiger partial charge in [0, 0.05) is 18.9 Å². The van der Waals surface area contributed by atoms with E-state index in [4.69, 9.17) is 16.3 Å². The number of benzene rings is 1. The summed E-state index contributed by atoms with van der Waals surface area (Å²) >= 11 is 6.13. The zero-order chi connectivity index (χ0) is 12.3. The quantitative estimate of drug-likeness (QED) is 0.814. The fraction of sp³-hybridized carbons (Fsp3) is 0.214. The molecule has 0 aliphatic rings. The Bertz CT molecular complexity index is 513. The van der Waals surface area contributed by atoms with Gasteiger partial charge in [-0.05, 0) is 30.7 Å². The number of pyridine rings is 1. The number of aromatic nitrogens is 1. The minimum absolute atomic E-state index is 0.0671. The molecule has 0 spiro atoms. The van der Waals surface area contributed by atoms with Crippen molar-refractivity contribution in [3.8, 4) is 11.3 Å². The van der Waals surface area contributed by atoms with Crippen LogP contribution in [-0.2, 0) is 4.74 Å². The van der Waals surface area contributed by atoms with Crippen molar-refractivity contribution < 1.29 is 4.74 Å². The van der Waals surface area contributed by atoms with E-state index in [0.717, 1.165) is 16.8 Å². The molecule has 2 aromatic rings. The molecule has 3 heteroatoms.